The Kier molecular flexibility index (Phi) is 4.01. The number of fused-ring (bicyclic) bond motifs is 1. The Balaban J connectivity index is 1.79. The molecule has 24 heavy (non-hydrogen) atoms. The average Bonchev–Trinajstić information content (AvgIpc) is 3.18. The number of rotatable bonds is 4. The van der Waals surface area contributed by atoms with Crippen molar-refractivity contribution in [3.63, 3.8) is 0 Å². The topological polar surface area (TPSA) is 61.4 Å². The zero-order valence-corrected chi connectivity index (χ0v) is 15.3. The fraction of sp³-hybridized carbons (Fsp3) is 0.176. The van der Waals surface area contributed by atoms with Gasteiger partial charge in [-0.05, 0) is 35.1 Å². The van der Waals surface area contributed by atoms with Crippen LogP contribution < -0.4 is 0 Å². The van der Waals surface area contributed by atoms with Crippen molar-refractivity contribution >= 4 is 33.8 Å². The molecule has 3 heterocycles. The first kappa shape index (κ1) is 15.3. The van der Waals surface area contributed by atoms with E-state index >= 15 is 0 Å². The number of imidazole rings is 1. The highest BCUT2D eigenvalue weighted by Gasteiger charge is 2.14. The van der Waals surface area contributed by atoms with Crippen LogP contribution in [0.3, 0.4) is 0 Å². The average molecular weight is 430 g/mol. The summed E-state index contributed by atoms with van der Waals surface area (Å²) in [5.41, 5.74) is 2.83. The molecule has 4 rings (SSSR count). The second kappa shape index (κ2) is 6.31. The summed E-state index contributed by atoms with van der Waals surface area (Å²) in [5, 5.41) is 4.36. The predicted molar refractivity (Wildman–Crippen MR) is 100 cm³/mol. The monoisotopic (exact) mass is 430 g/mol. The van der Waals surface area contributed by atoms with Crippen LogP contribution in [0.4, 0.5) is 0 Å². The third-order valence-electron chi connectivity index (χ3n) is 3.79. The second-order valence-corrected chi connectivity index (χ2v) is 6.66. The van der Waals surface area contributed by atoms with Gasteiger partial charge in [0.1, 0.15) is 11.3 Å². The predicted octanol–water partition coefficient (Wildman–Crippen LogP) is 3.23. The molecule has 0 N–H and O–H groups in total. The van der Waals surface area contributed by atoms with Gasteiger partial charge in [0.25, 0.3) is 0 Å². The van der Waals surface area contributed by atoms with Gasteiger partial charge in [0.2, 0.25) is 5.95 Å². The summed E-state index contributed by atoms with van der Waals surface area (Å²) in [4.78, 5) is 13.9. The zero-order chi connectivity index (χ0) is 16.5. The van der Waals surface area contributed by atoms with E-state index in [-0.39, 0.29) is 0 Å². The molecule has 0 aliphatic rings. The molecule has 0 saturated heterocycles. The molecule has 4 aromatic rings. The molecule has 0 saturated carbocycles. The van der Waals surface area contributed by atoms with Crippen molar-refractivity contribution in [3.8, 4) is 5.95 Å². The highest BCUT2D eigenvalue weighted by atomic mass is 127. The Hall–Kier alpha value is -2.29. The maximum Gasteiger partial charge on any atom is 0.233 e. The lowest BCUT2D eigenvalue weighted by Crippen LogP contribution is -2.07. The van der Waals surface area contributed by atoms with Crippen LogP contribution in [-0.4, -0.2) is 29.3 Å². The normalized spacial score (nSPS) is 11.2. The molecule has 0 radical (unpaired) electrons. The molecule has 7 heteroatoms. The molecule has 0 bridgehead atoms. The van der Waals surface area contributed by atoms with Crippen molar-refractivity contribution in [3.05, 3.63) is 63.9 Å². The fourth-order valence-electron chi connectivity index (χ4n) is 2.68. The van der Waals surface area contributed by atoms with E-state index < -0.39 is 0 Å². The van der Waals surface area contributed by atoms with Crippen LogP contribution in [0.1, 0.15) is 18.3 Å². The van der Waals surface area contributed by atoms with Gasteiger partial charge in [0, 0.05) is 19.2 Å². The first-order chi connectivity index (χ1) is 11.7. The van der Waals surface area contributed by atoms with E-state index in [2.05, 4.69) is 61.3 Å². The summed E-state index contributed by atoms with van der Waals surface area (Å²) in [6, 6.07) is 10.2. The summed E-state index contributed by atoms with van der Waals surface area (Å²) in [6.45, 7) is 2.85. The number of hydrogen-bond donors (Lipinski definition) is 0. The van der Waals surface area contributed by atoms with E-state index in [1.54, 1.807) is 10.9 Å². The maximum atomic E-state index is 4.74. The minimum atomic E-state index is 0.709. The van der Waals surface area contributed by atoms with Gasteiger partial charge < -0.3 is 0 Å². The molecule has 0 aliphatic heterocycles. The molecule has 0 fully saturated rings. The smallest absolute Gasteiger partial charge is 0.233 e. The molecule has 0 atom stereocenters. The van der Waals surface area contributed by atoms with Gasteiger partial charge in [-0.1, -0.05) is 30.3 Å². The Morgan fingerprint density at radius 2 is 1.92 bits per heavy atom. The summed E-state index contributed by atoms with van der Waals surface area (Å²) in [5.74, 6) is 1.56. The van der Waals surface area contributed by atoms with Crippen molar-refractivity contribution in [1.82, 2.24) is 29.3 Å². The van der Waals surface area contributed by atoms with Crippen molar-refractivity contribution in [2.45, 2.75) is 19.9 Å². The molecule has 0 amide bonds. The minimum Gasteiger partial charge on any atom is -0.293 e. The molecule has 6 nitrogen and oxygen atoms in total. The third kappa shape index (κ3) is 2.79. The summed E-state index contributed by atoms with van der Waals surface area (Å²) in [7, 11) is 0. The SMILES string of the molecule is CCn1c(-n2cc(I)cn2)nc2cnc(Cc3ccccc3)nc21. The number of aryl methyl sites for hydroxylation is 1. The second-order valence-electron chi connectivity index (χ2n) is 5.42. The van der Waals surface area contributed by atoms with Crippen molar-refractivity contribution in [2.24, 2.45) is 0 Å². The standard InChI is InChI=1S/C17H15IN6/c1-2-23-16-14(21-17(23)24-11-13(18)9-20-24)10-19-15(22-16)8-12-6-4-3-5-7-12/h3-7,9-11H,2,8H2,1H3. The van der Waals surface area contributed by atoms with Gasteiger partial charge in [-0.2, -0.15) is 5.10 Å². The van der Waals surface area contributed by atoms with Crippen LogP contribution in [0.2, 0.25) is 0 Å². The lowest BCUT2D eigenvalue weighted by Gasteiger charge is -2.05. The molecule has 1 aromatic carbocycles. The van der Waals surface area contributed by atoms with Crippen LogP contribution in [0.15, 0.2) is 48.9 Å². The zero-order valence-electron chi connectivity index (χ0n) is 13.1. The molecule has 0 spiro atoms. The van der Waals surface area contributed by atoms with E-state index in [1.165, 1.54) is 5.56 Å². The van der Waals surface area contributed by atoms with Crippen LogP contribution in [-0.2, 0) is 13.0 Å². The van der Waals surface area contributed by atoms with Gasteiger partial charge in [0.05, 0.1) is 16.0 Å². The minimum absolute atomic E-state index is 0.709. The van der Waals surface area contributed by atoms with E-state index in [9.17, 15) is 0 Å². The number of halogens is 1. The maximum absolute atomic E-state index is 4.74. The van der Waals surface area contributed by atoms with Crippen molar-refractivity contribution < 1.29 is 0 Å². The van der Waals surface area contributed by atoms with Crippen molar-refractivity contribution in [2.75, 3.05) is 0 Å². The van der Waals surface area contributed by atoms with Gasteiger partial charge in [0.15, 0.2) is 5.65 Å². The molecular formula is C17H15IN6. The van der Waals surface area contributed by atoms with E-state index in [4.69, 9.17) is 4.98 Å². The highest BCUT2D eigenvalue weighted by molar-refractivity contribution is 14.1. The molecule has 120 valence electrons. The largest absolute Gasteiger partial charge is 0.293 e. The Morgan fingerprint density at radius 1 is 1.08 bits per heavy atom. The first-order valence-electron chi connectivity index (χ1n) is 7.71. The quantitative estimate of drug-likeness (QED) is 0.467. The Bertz CT molecular complexity index is 989. The lowest BCUT2D eigenvalue weighted by molar-refractivity contribution is 0.695. The lowest BCUT2D eigenvalue weighted by atomic mass is 10.1. The van der Waals surface area contributed by atoms with Crippen LogP contribution in [0.5, 0.6) is 0 Å². The Labute approximate surface area is 152 Å². The highest BCUT2D eigenvalue weighted by Crippen LogP contribution is 2.18. The Morgan fingerprint density at radius 3 is 2.62 bits per heavy atom. The van der Waals surface area contributed by atoms with Crippen LogP contribution >= 0.6 is 22.6 Å². The van der Waals surface area contributed by atoms with Crippen LogP contribution in [0.25, 0.3) is 17.1 Å². The van der Waals surface area contributed by atoms with Gasteiger partial charge in [-0.25, -0.2) is 19.6 Å². The summed E-state index contributed by atoms with van der Waals surface area (Å²) in [6.07, 6.45) is 6.27. The van der Waals surface area contributed by atoms with Gasteiger partial charge in [-0.15, -0.1) is 0 Å². The summed E-state index contributed by atoms with van der Waals surface area (Å²) < 4.78 is 4.91. The number of hydrogen-bond acceptors (Lipinski definition) is 4. The first-order valence-corrected chi connectivity index (χ1v) is 8.79. The molecule has 0 unspecified atom stereocenters. The van der Waals surface area contributed by atoms with E-state index in [0.717, 1.165) is 33.1 Å². The molecular weight excluding hydrogens is 415 g/mol. The molecule has 0 aliphatic carbocycles. The number of nitrogens with zero attached hydrogens (tertiary/aromatic N) is 6. The van der Waals surface area contributed by atoms with Crippen LogP contribution in [0, 0.1) is 3.57 Å². The summed E-state index contributed by atoms with van der Waals surface area (Å²) >= 11 is 2.24. The number of benzene rings is 1. The van der Waals surface area contributed by atoms with Gasteiger partial charge in [-0.3, -0.25) is 4.57 Å². The van der Waals surface area contributed by atoms with E-state index in [0.29, 0.717) is 6.42 Å². The van der Waals surface area contributed by atoms with Gasteiger partial charge >= 0.3 is 0 Å². The fourth-order valence-corrected chi connectivity index (χ4v) is 3.07. The molecule has 3 aromatic heterocycles. The van der Waals surface area contributed by atoms with E-state index in [1.807, 2.05) is 30.6 Å². The van der Waals surface area contributed by atoms with Crippen molar-refractivity contribution in [1.29, 1.82) is 0 Å². The number of aromatic nitrogens is 6. The third-order valence-corrected chi connectivity index (χ3v) is 4.35.